The maximum absolute atomic E-state index is 13.9. The number of aromatic nitrogens is 1. The summed E-state index contributed by atoms with van der Waals surface area (Å²) in [5.41, 5.74) is 0.0755. The number of fused-ring (bicyclic) bond motifs is 1. The van der Waals surface area contributed by atoms with Crippen LogP contribution in [0.25, 0.3) is 0 Å². The highest BCUT2D eigenvalue weighted by Crippen LogP contribution is 2.27. The van der Waals surface area contributed by atoms with Crippen LogP contribution in [0.4, 0.5) is 23.7 Å². The second kappa shape index (κ2) is 7.43. The first-order valence-corrected chi connectivity index (χ1v) is 8.27. The summed E-state index contributed by atoms with van der Waals surface area (Å²) < 4.78 is 41.2. The van der Waals surface area contributed by atoms with E-state index in [1.54, 1.807) is 0 Å². The zero-order valence-electron chi connectivity index (χ0n) is 14.0. The van der Waals surface area contributed by atoms with Crippen molar-refractivity contribution in [2.45, 2.75) is 19.5 Å². The van der Waals surface area contributed by atoms with Crippen LogP contribution in [0.15, 0.2) is 24.4 Å². The van der Waals surface area contributed by atoms with Crippen LogP contribution < -0.4 is 10.6 Å². The van der Waals surface area contributed by atoms with Gasteiger partial charge in [-0.25, -0.2) is 18.0 Å². The molecule has 0 bridgehead atoms. The number of pyridine rings is 1. The Kier molecular flexibility index (Phi) is 5.22. The van der Waals surface area contributed by atoms with Crippen LogP contribution in [-0.4, -0.2) is 28.4 Å². The van der Waals surface area contributed by atoms with Gasteiger partial charge in [0.25, 0.3) is 0 Å². The van der Waals surface area contributed by atoms with Crippen molar-refractivity contribution >= 4 is 29.2 Å². The highest BCUT2D eigenvalue weighted by molar-refractivity contribution is 6.30. The van der Waals surface area contributed by atoms with Crippen molar-refractivity contribution in [3.05, 3.63) is 58.1 Å². The van der Waals surface area contributed by atoms with Crippen LogP contribution in [0.5, 0.6) is 0 Å². The van der Waals surface area contributed by atoms with E-state index in [4.69, 9.17) is 11.6 Å². The first-order valence-electron chi connectivity index (χ1n) is 7.89. The van der Waals surface area contributed by atoms with Gasteiger partial charge in [0.1, 0.15) is 12.4 Å². The summed E-state index contributed by atoms with van der Waals surface area (Å²) >= 11 is 5.64. The van der Waals surface area contributed by atoms with E-state index >= 15 is 0 Å². The van der Waals surface area contributed by atoms with Gasteiger partial charge in [-0.3, -0.25) is 9.78 Å². The molecular weight excluding hydrogens is 385 g/mol. The van der Waals surface area contributed by atoms with Gasteiger partial charge in [-0.2, -0.15) is 0 Å². The first-order chi connectivity index (χ1) is 12.8. The van der Waals surface area contributed by atoms with Gasteiger partial charge < -0.3 is 15.5 Å². The topological polar surface area (TPSA) is 74.3 Å². The number of carbonyl (C=O) groups is 2. The van der Waals surface area contributed by atoms with Gasteiger partial charge in [0.15, 0.2) is 11.6 Å². The van der Waals surface area contributed by atoms with Crippen LogP contribution in [0.3, 0.4) is 0 Å². The van der Waals surface area contributed by atoms with E-state index < -0.39 is 42.0 Å². The van der Waals surface area contributed by atoms with Gasteiger partial charge in [0.05, 0.1) is 29.0 Å². The van der Waals surface area contributed by atoms with Crippen molar-refractivity contribution < 1.29 is 22.8 Å². The SMILES string of the molecule is C[C@@H](NC(=O)CN1Cc2c(ccc(F)c2F)NC1=O)c1ncc(Cl)cc1F. The monoisotopic (exact) mass is 398 g/mol. The van der Waals surface area contributed by atoms with Crippen LogP contribution in [0.2, 0.25) is 5.02 Å². The number of halogens is 4. The van der Waals surface area contributed by atoms with Crippen molar-refractivity contribution in [1.29, 1.82) is 0 Å². The molecule has 0 spiro atoms. The number of carbonyl (C=O) groups excluding carboxylic acids is 2. The number of hydrogen-bond donors (Lipinski definition) is 2. The van der Waals surface area contributed by atoms with E-state index in [-0.39, 0.29) is 28.5 Å². The number of benzene rings is 1. The number of amides is 3. The lowest BCUT2D eigenvalue weighted by molar-refractivity contribution is -0.122. The normalized spacial score (nSPS) is 14.4. The third-order valence-electron chi connectivity index (χ3n) is 4.03. The summed E-state index contributed by atoms with van der Waals surface area (Å²) in [6, 6.07) is 1.81. The molecule has 2 N–H and O–H groups in total. The molecule has 2 heterocycles. The summed E-state index contributed by atoms with van der Waals surface area (Å²) in [5, 5.41) is 5.02. The minimum Gasteiger partial charge on any atom is -0.346 e. The highest BCUT2D eigenvalue weighted by atomic mass is 35.5. The van der Waals surface area contributed by atoms with Gasteiger partial charge in [0.2, 0.25) is 5.91 Å². The summed E-state index contributed by atoms with van der Waals surface area (Å²) in [6.07, 6.45) is 1.25. The Balaban J connectivity index is 1.68. The molecular formula is C17H14ClF3N4O2. The number of nitrogens with zero attached hydrogens (tertiary/aromatic N) is 2. The molecule has 142 valence electrons. The molecule has 1 aromatic heterocycles. The lowest BCUT2D eigenvalue weighted by Crippen LogP contribution is -2.45. The molecule has 1 aromatic carbocycles. The van der Waals surface area contributed by atoms with Gasteiger partial charge >= 0.3 is 6.03 Å². The number of urea groups is 1. The predicted molar refractivity (Wildman–Crippen MR) is 91.5 cm³/mol. The predicted octanol–water partition coefficient (Wildman–Crippen LogP) is 3.38. The van der Waals surface area contributed by atoms with E-state index in [9.17, 15) is 22.8 Å². The van der Waals surface area contributed by atoms with Gasteiger partial charge in [-0.05, 0) is 25.1 Å². The minimum atomic E-state index is -1.08. The number of hydrogen-bond acceptors (Lipinski definition) is 3. The Bertz CT molecular complexity index is 925. The third-order valence-corrected chi connectivity index (χ3v) is 4.24. The number of rotatable bonds is 4. The molecule has 0 fully saturated rings. The second-order valence-electron chi connectivity index (χ2n) is 5.98. The lowest BCUT2D eigenvalue weighted by Gasteiger charge is -2.29. The largest absolute Gasteiger partial charge is 0.346 e. The van der Waals surface area contributed by atoms with E-state index in [1.165, 1.54) is 19.2 Å². The maximum Gasteiger partial charge on any atom is 0.322 e. The zero-order valence-corrected chi connectivity index (χ0v) is 14.8. The molecule has 0 saturated carbocycles. The summed E-state index contributed by atoms with van der Waals surface area (Å²) in [7, 11) is 0. The van der Waals surface area contributed by atoms with Gasteiger partial charge in [-0.15, -0.1) is 0 Å². The Hall–Kier alpha value is -2.81. The Morgan fingerprint density at radius 1 is 1.37 bits per heavy atom. The van der Waals surface area contributed by atoms with E-state index in [0.717, 1.165) is 17.0 Å². The molecule has 0 saturated heterocycles. The quantitative estimate of drug-likeness (QED) is 0.829. The fourth-order valence-corrected chi connectivity index (χ4v) is 2.87. The molecule has 1 atom stereocenters. The molecule has 2 aromatic rings. The van der Waals surface area contributed by atoms with Crippen LogP contribution in [-0.2, 0) is 11.3 Å². The highest BCUT2D eigenvalue weighted by Gasteiger charge is 2.28. The molecule has 0 aliphatic carbocycles. The molecule has 10 heteroatoms. The molecule has 0 radical (unpaired) electrons. The second-order valence-corrected chi connectivity index (χ2v) is 6.42. The van der Waals surface area contributed by atoms with E-state index in [2.05, 4.69) is 15.6 Å². The smallest absolute Gasteiger partial charge is 0.322 e. The van der Waals surface area contributed by atoms with Crippen molar-refractivity contribution in [2.75, 3.05) is 11.9 Å². The van der Waals surface area contributed by atoms with Gasteiger partial charge in [-0.1, -0.05) is 11.6 Å². The molecule has 1 aliphatic heterocycles. The van der Waals surface area contributed by atoms with Crippen molar-refractivity contribution in [1.82, 2.24) is 15.2 Å². The first kappa shape index (κ1) is 19.0. The average Bonchev–Trinajstić information content (AvgIpc) is 2.59. The standard InChI is InChI=1S/C17H14ClF3N4O2/c1-8(16-12(20)4-9(18)5-22-16)23-14(26)7-25-6-10-13(24-17(25)27)3-2-11(19)15(10)21/h2-5,8H,6-7H2,1H3,(H,23,26)(H,24,27)/t8-/m1/s1. The number of anilines is 1. The molecule has 3 rings (SSSR count). The maximum atomic E-state index is 13.9. The third kappa shape index (κ3) is 3.97. The molecule has 27 heavy (non-hydrogen) atoms. The Morgan fingerprint density at radius 3 is 2.81 bits per heavy atom. The van der Waals surface area contributed by atoms with E-state index in [0.29, 0.717) is 0 Å². The minimum absolute atomic E-state index is 0.0192. The van der Waals surface area contributed by atoms with Crippen LogP contribution >= 0.6 is 11.6 Å². The summed E-state index contributed by atoms with van der Waals surface area (Å²) in [4.78, 5) is 29.1. The summed E-state index contributed by atoms with van der Waals surface area (Å²) in [5.74, 6) is -3.43. The van der Waals surface area contributed by atoms with Gasteiger partial charge in [0, 0.05) is 11.8 Å². The van der Waals surface area contributed by atoms with Crippen LogP contribution in [0.1, 0.15) is 24.2 Å². The molecule has 6 nitrogen and oxygen atoms in total. The fourth-order valence-electron chi connectivity index (χ4n) is 2.72. The zero-order chi connectivity index (χ0) is 19.7. The average molecular weight is 399 g/mol. The Labute approximate surface area is 157 Å². The summed E-state index contributed by atoms with van der Waals surface area (Å²) in [6.45, 7) is 0.804. The molecule has 1 aliphatic rings. The number of nitrogens with one attached hydrogen (secondary N) is 2. The van der Waals surface area contributed by atoms with Crippen molar-refractivity contribution in [3.8, 4) is 0 Å². The molecule has 3 amide bonds. The Morgan fingerprint density at radius 2 is 2.11 bits per heavy atom. The van der Waals surface area contributed by atoms with E-state index in [1.807, 2.05) is 0 Å². The lowest BCUT2D eigenvalue weighted by atomic mass is 10.1. The van der Waals surface area contributed by atoms with Crippen LogP contribution in [0, 0.1) is 17.5 Å². The molecule has 0 unspecified atom stereocenters. The fraction of sp³-hybridized carbons (Fsp3) is 0.235. The van der Waals surface area contributed by atoms with Crippen molar-refractivity contribution in [2.24, 2.45) is 0 Å². The van der Waals surface area contributed by atoms with Crippen molar-refractivity contribution in [3.63, 3.8) is 0 Å².